The summed E-state index contributed by atoms with van der Waals surface area (Å²) in [6.45, 7) is 3.95. The fourth-order valence-corrected chi connectivity index (χ4v) is 2.41. The average molecular weight is 436 g/mol. The summed E-state index contributed by atoms with van der Waals surface area (Å²) in [5, 5.41) is 5.74. The smallest absolute Gasteiger partial charge is 0.356 e. The normalized spacial score (nSPS) is 17.5. The van der Waals surface area contributed by atoms with Crippen molar-refractivity contribution in [1.82, 2.24) is 15.5 Å². The van der Waals surface area contributed by atoms with Gasteiger partial charge in [-0.1, -0.05) is 12.8 Å². The lowest BCUT2D eigenvalue weighted by atomic mass is 10.2. The number of nitrogens with one attached hydrogen (secondary N) is 2. The van der Waals surface area contributed by atoms with Gasteiger partial charge in [0.25, 0.3) is 0 Å². The number of nitrogens with zero attached hydrogens (tertiary/aromatic N) is 2. The van der Waals surface area contributed by atoms with E-state index < -0.39 is 12.6 Å². The minimum Gasteiger partial charge on any atom is -0.356 e. The fourth-order valence-electron chi connectivity index (χ4n) is 2.41. The van der Waals surface area contributed by atoms with Crippen molar-refractivity contribution in [1.29, 1.82) is 0 Å². The molecule has 0 aromatic heterocycles. The van der Waals surface area contributed by atoms with Gasteiger partial charge in [0.15, 0.2) is 5.96 Å². The van der Waals surface area contributed by atoms with Crippen LogP contribution < -0.4 is 10.6 Å². The highest BCUT2D eigenvalue weighted by molar-refractivity contribution is 14.0. The molecule has 1 aliphatic rings. The summed E-state index contributed by atoms with van der Waals surface area (Å²) in [6.07, 6.45) is 1.19. The van der Waals surface area contributed by atoms with E-state index in [1.807, 2.05) is 0 Å². The number of likely N-dealkylation sites (tertiary alicyclic amines) is 1. The molecule has 1 rings (SSSR count). The topological polar surface area (TPSA) is 39.7 Å². The van der Waals surface area contributed by atoms with Crippen molar-refractivity contribution >= 4 is 29.9 Å². The van der Waals surface area contributed by atoms with Crippen LogP contribution in [0.4, 0.5) is 13.2 Å². The molecule has 1 fully saturated rings. The van der Waals surface area contributed by atoms with Crippen LogP contribution >= 0.6 is 24.0 Å². The molecule has 0 atom stereocenters. The van der Waals surface area contributed by atoms with E-state index in [0.29, 0.717) is 5.96 Å². The highest BCUT2D eigenvalue weighted by Gasteiger charge is 2.26. The Hall–Kier alpha value is -0.250. The van der Waals surface area contributed by atoms with Crippen LogP contribution in [0.15, 0.2) is 4.99 Å². The third kappa shape index (κ3) is 11.3. The van der Waals surface area contributed by atoms with Crippen molar-refractivity contribution in [2.24, 2.45) is 4.99 Å². The van der Waals surface area contributed by atoms with Crippen LogP contribution in [0.1, 0.15) is 38.5 Å². The first kappa shape index (κ1) is 21.8. The number of hydrogen-bond donors (Lipinski definition) is 2. The molecule has 0 radical (unpaired) electrons. The van der Waals surface area contributed by atoms with E-state index in [1.165, 1.54) is 38.8 Å². The van der Waals surface area contributed by atoms with E-state index in [-0.39, 0.29) is 30.5 Å². The number of aliphatic imine (C=N–C) groups is 1. The quantitative estimate of drug-likeness (QED) is 0.291. The summed E-state index contributed by atoms with van der Waals surface area (Å²) >= 11 is 0. The molecular formula is C14H28F3IN4. The second-order valence-electron chi connectivity index (χ2n) is 5.40. The standard InChI is InChI=1S/C14H27F3N4.HI/c1-18-13(20-9-7-14(15,16)17)19-8-6-12-21-10-4-2-3-5-11-21;/h2-12H2,1H3,(H2,18,19,20);1H. The van der Waals surface area contributed by atoms with Crippen LogP contribution in [0.25, 0.3) is 0 Å². The number of hydrogen-bond acceptors (Lipinski definition) is 2. The van der Waals surface area contributed by atoms with Crippen molar-refractivity contribution in [2.45, 2.75) is 44.7 Å². The molecule has 132 valence electrons. The van der Waals surface area contributed by atoms with Gasteiger partial charge in [-0.3, -0.25) is 4.99 Å². The van der Waals surface area contributed by atoms with Crippen molar-refractivity contribution < 1.29 is 13.2 Å². The zero-order valence-corrected chi connectivity index (χ0v) is 15.5. The van der Waals surface area contributed by atoms with Crippen LogP contribution in [0.2, 0.25) is 0 Å². The van der Waals surface area contributed by atoms with E-state index in [4.69, 9.17) is 0 Å². The Balaban J connectivity index is 0.00000441. The van der Waals surface area contributed by atoms with Gasteiger partial charge in [0.05, 0.1) is 6.42 Å². The van der Waals surface area contributed by atoms with Crippen LogP contribution in [-0.4, -0.2) is 56.8 Å². The van der Waals surface area contributed by atoms with Gasteiger partial charge in [-0.05, 0) is 38.9 Å². The SMILES string of the molecule is CN=C(NCCCN1CCCCCC1)NCCC(F)(F)F.I. The van der Waals surface area contributed by atoms with Crippen LogP contribution in [0.3, 0.4) is 0 Å². The molecule has 0 saturated carbocycles. The third-order valence-electron chi connectivity index (χ3n) is 3.57. The Bertz CT molecular complexity index is 303. The number of alkyl halides is 3. The van der Waals surface area contributed by atoms with Gasteiger partial charge < -0.3 is 15.5 Å². The first-order valence-corrected chi connectivity index (χ1v) is 7.75. The van der Waals surface area contributed by atoms with Gasteiger partial charge in [0, 0.05) is 20.1 Å². The molecule has 22 heavy (non-hydrogen) atoms. The zero-order valence-electron chi connectivity index (χ0n) is 13.2. The molecule has 0 aromatic rings. The zero-order chi connectivity index (χ0) is 15.6. The minimum atomic E-state index is -4.13. The Kier molecular flexibility index (Phi) is 12.1. The van der Waals surface area contributed by atoms with Crippen LogP contribution in [0.5, 0.6) is 0 Å². The van der Waals surface area contributed by atoms with E-state index in [1.54, 1.807) is 7.05 Å². The average Bonchev–Trinajstić information content (AvgIpc) is 2.69. The molecule has 8 heteroatoms. The van der Waals surface area contributed by atoms with E-state index in [2.05, 4.69) is 20.5 Å². The maximum Gasteiger partial charge on any atom is 0.390 e. The van der Waals surface area contributed by atoms with Gasteiger partial charge in [0.2, 0.25) is 0 Å². The van der Waals surface area contributed by atoms with Gasteiger partial charge in [0.1, 0.15) is 0 Å². The van der Waals surface area contributed by atoms with Gasteiger partial charge >= 0.3 is 6.18 Å². The Morgan fingerprint density at radius 2 is 1.64 bits per heavy atom. The Labute approximate surface area is 148 Å². The molecule has 1 saturated heterocycles. The first-order valence-electron chi connectivity index (χ1n) is 7.75. The van der Waals surface area contributed by atoms with Gasteiger partial charge in [-0.2, -0.15) is 13.2 Å². The maximum atomic E-state index is 12.0. The van der Waals surface area contributed by atoms with Crippen molar-refractivity contribution in [3.05, 3.63) is 0 Å². The summed E-state index contributed by atoms with van der Waals surface area (Å²) in [6, 6.07) is 0. The first-order chi connectivity index (χ1) is 10.0. The van der Waals surface area contributed by atoms with Crippen molar-refractivity contribution in [3.8, 4) is 0 Å². The molecule has 4 nitrogen and oxygen atoms in total. The molecule has 1 heterocycles. The predicted octanol–water partition coefficient (Wildman–Crippen LogP) is 2.99. The molecular weight excluding hydrogens is 408 g/mol. The lowest BCUT2D eigenvalue weighted by Gasteiger charge is -2.20. The second-order valence-corrected chi connectivity index (χ2v) is 5.40. The monoisotopic (exact) mass is 436 g/mol. The second kappa shape index (κ2) is 12.2. The summed E-state index contributed by atoms with van der Waals surface area (Å²) in [5.41, 5.74) is 0. The Morgan fingerprint density at radius 1 is 1.05 bits per heavy atom. The van der Waals surface area contributed by atoms with E-state index in [0.717, 1.165) is 19.5 Å². The molecule has 0 aromatic carbocycles. The third-order valence-corrected chi connectivity index (χ3v) is 3.57. The summed E-state index contributed by atoms with van der Waals surface area (Å²) < 4.78 is 36.1. The molecule has 0 unspecified atom stereocenters. The number of halogens is 4. The maximum absolute atomic E-state index is 12.0. The van der Waals surface area contributed by atoms with E-state index >= 15 is 0 Å². The van der Waals surface area contributed by atoms with Gasteiger partial charge in [-0.15, -0.1) is 24.0 Å². The molecule has 2 N–H and O–H groups in total. The van der Waals surface area contributed by atoms with Crippen LogP contribution in [0, 0.1) is 0 Å². The highest BCUT2D eigenvalue weighted by atomic mass is 127. The van der Waals surface area contributed by atoms with E-state index in [9.17, 15) is 13.2 Å². The summed E-state index contributed by atoms with van der Waals surface area (Å²) in [7, 11) is 1.57. The number of guanidine groups is 1. The largest absolute Gasteiger partial charge is 0.390 e. The summed E-state index contributed by atoms with van der Waals surface area (Å²) in [4.78, 5) is 6.39. The minimum absolute atomic E-state index is 0. The Morgan fingerprint density at radius 3 is 2.18 bits per heavy atom. The molecule has 0 spiro atoms. The van der Waals surface area contributed by atoms with Gasteiger partial charge in [-0.25, -0.2) is 0 Å². The van der Waals surface area contributed by atoms with Crippen LogP contribution in [-0.2, 0) is 0 Å². The summed E-state index contributed by atoms with van der Waals surface area (Å²) in [5.74, 6) is 0.440. The lowest BCUT2D eigenvalue weighted by molar-refractivity contribution is -0.132. The van der Waals surface area contributed by atoms with Crippen molar-refractivity contribution in [2.75, 3.05) is 39.8 Å². The van der Waals surface area contributed by atoms with Crippen molar-refractivity contribution in [3.63, 3.8) is 0 Å². The molecule has 0 aliphatic carbocycles. The molecule has 0 amide bonds. The molecule has 1 aliphatic heterocycles. The number of rotatable bonds is 6. The molecule has 0 bridgehead atoms. The fraction of sp³-hybridized carbons (Fsp3) is 0.929. The predicted molar refractivity (Wildman–Crippen MR) is 95.0 cm³/mol. The lowest BCUT2D eigenvalue weighted by Crippen LogP contribution is -2.40. The highest BCUT2D eigenvalue weighted by Crippen LogP contribution is 2.18.